The Hall–Kier alpha value is -4.79. The SMILES string of the molecule is C[C@@H](CNC(C(=O)Nc1ccc(-c2cnn(C(C)(C)C#N)c2)cn1)c1ccccc1)c1ccc(C#N)cc1. The molecule has 0 fully saturated rings. The van der Waals surface area contributed by atoms with Crippen molar-refractivity contribution in [3.05, 3.63) is 102 Å². The number of anilines is 1. The van der Waals surface area contributed by atoms with Gasteiger partial charge in [-0.25, -0.2) is 4.98 Å². The Kier molecular flexibility index (Phi) is 7.96. The number of nitrogens with zero attached hydrogens (tertiary/aromatic N) is 5. The lowest BCUT2D eigenvalue weighted by atomic mass is 9.98. The molecule has 38 heavy (non-hydrogen) atoms. The van der Waals surface area contributed by atoms with Crippen LogP contribution in [0.5, 0.6) is 0 Å². The second kappa shape index (κ2) is 11.5. The lowest BCUT2D eigenvalue weighted by Crippen LogP contribution is -2.35. The summed E-state index contributed by atoms with van der Waals surface area (Å²) in [5, 5.41) is 29.0. The Labute approximate surface area is 222 Å². The first-order valence-corrected chi connectivity index (χ1v) is 12.3. The van der Waals surface area contributed by atoms with Crippen LogP contribution in [0.1, 0.15) is 49.4 Å². The average Bonchev–Trinajstić information content (AvgIpc) is 3.45. The molecule has 0 saturated heterocycles. The molecule has 0 aliphatic rings. The minimum Gasteiger partial charge on any atom is -0.309 e. The highest BCUT2D eigenvalue weighted by molar-refractivity contribution is 5.95. The zero-order valence-electron chi connectivity index (χ0n) is 21.6. The van der Waals surface area contributed by atoms with E-state index in [1.54, 1.807) is 49.1 Å². The van der Waals surface area contributed by atoms with E-state index in [4.69, 9.17) is 5.26 Å². The lowest BCUT2D eigenvalue weighted by Gasteiger charge is -2.21. The molecule has 0 spiro atoms. The summed E-state index contributed by atoms with van der Waals surface area (Å²) in [6.07, 6.45) is 5.18. The van der Waals surface area contributed by atoms with E-state index >= 15 is 0 Å². The van der Waals surface area contributed by atoms with Crippen LogP contribution in [0.2, 0.25) is 0 Å². The zero-order valence-corrected chi connectivity index (χ0v) is 21.6. The third-order valence-corrected chi connectivity index (χ3v) is 6.41. The fraction of sp³-hybridized carbons (Fsp3) is 0.233. The minimum absolute atomic E-state index is 0.131. The fourth-order valence-corrected chi connectivity index (χ4v) is 3.97. The minimum atomic E-state index is -0.753. The van der Waals surface area contributed by atoms with Gasteiger partial charge in [0.05, 0.1) is 23.9 Å². The second-order valence-corrected chi connectivity index (χ2v) is 9.65. The van der Waals surface area contributed by atoms with Crippen LogP contribution in [0, 0.1) is 22.7 Å². The smallest absolute Gasteiger partial charge is 0.247 e. The number of nitrogens with one attached hydrogen (secondary N) is 2. The van der Waals surface area contributed by atoms with Gasteiger partial charge in [-0.05, 0) is 55.2 Å². The van der Waals surface area contributed by atoms with Gasteiger partial charge in [-0.1, -0.05) is 49.4 Å². The number of benzene rings is 2. The van der Waals surface area contributed by atoms with Crippen LogP contribution < -0.4 is 10.6 Å². The quantitative estimate of drug-likeness (QED) is 0.326. The van der Waals surface area contributed by atoms with Crippen LogP contribution in [0.25, 0.3) is 11.1 Å². The molecule has 2 heterocycles. The van der Waals surface area contributed by atoms with Crippen LogP contribution in [0.3, 0.4) is 0 Å². The van der Waals surface area contributed by atoms with E-state index in [-0.39, 0.29) is 11.8 Å². The van der Waals surface area contributed by atoms with Gasteiger partial charge in [0.15, 0.2) is 0 Å². The van der Waals surface area contributed by atoms with Crippen molar-refractivity contribution < 1.29 is 4.79 Å². The Morgan fingerprint density at radius 2 is 1.71 bits per heavy atom. The number of hydrogen-bond acceptors (Lipinski definition) is 6. The van der Waals surface area contributed by atoms with Crippen LogP contribution in [-0.4, -0.2) is 27.2 Å². The largest absolute Gasteiger partial charge is 0.309 e. The van der Waals surface area contributed by atoms with Crippen LogP contribution in [0.15, 0.2) is 85.3 Å². The summed E-state index contributed by atoms with van der Waals surface area (Å²) in [6.45, 7) is 6.23. The molecule has 0 aliphatic heterocycles. The maximum absolute atomic E-state index is 13.4. The Balaban J connectivity index is 1.46. The van der Waals surface area contributed by atoms with E-state index in [2.05, 4.69) is 39.8 Å². The summed E-state index contributed by atoms with van der Waals surface area (Å²) in [6, 6.07) is 24.5. The Bertz CT molecular complexity index is 1460. The number of nitriles is 2. The molecule has 0 bridgehead atoms. The van der Waals surface area contributed by atoms with Gasteiger partial charge in [0.25, 0.3) is 0 Å². The first kappa shape index (κ1) is 26.3. The molecule has 2 aromatic heterocycles. The highest BCUT2D eigenvalue weighted by Crippen LogP contribution is 2.23. The van der Waals surface area contributed by atoms with Crippen molar-refractivity contribution in [3.8, 4) is 23.3 Å². The normalized spacial score (nSPS) is 12.7. The van der Waals surface area contributed by atoms with Crippen molar-refractivity contribution in [2.75, 3.05) is 11.9 Å². The van der Waals surface area contributed by atoms with Gasteiger partial charge in [-0.2, -0.15) is 15.6 Å². The predicted molar refractivity (Wildman–Crippen MR) is 146 cm³/mol. The number of aromatic nitrogens is 3. The van der Waals surface area contributed by atoms with Gasteiger partial charge in [-0.15, -0.1) is 0 Å². The molecule has 1 unspecified atom stereocenters. The maximum Gasteiger partial charge on any atom is 0.247 e. The van der Waals surface area contributed by atoms with Crippen LogP contribution in [-0.2, 0) is 10.3 Å². The lowest BCUT2D eigenvalue weighted by molar-refractivity contribution is -0.118. The number of amides is 1. The standard InChI is InChI=1S/C30H29N7O/c1-21(23-11-9-22(15-31)10-12-23)16-34-28(24-7-5-4-6-8-24)29(38)36-27-14-13-25(17-33-27)26-18-35-37(19-26)30(2,3)20-32/h4-14,17-19,21,28,34H,16H2,1-3H3,(H,33,36,38)/t21-,28?/m0/s1. The van der Waals surface area contributed by atoms with E-state index in [0.29, 0.717) is 17.9 Å². The van der Waals surface area contributed by atoms with E-state index in [1.165, 1.54) is 0 Å². The van der Waals surface area contributed by atoms with Gasteiger partial charge in [0.1, 0.15) is 17.4 Å². The first-order valence-electron chi connectivity index (χ1n) is 12.3. The Morgan fingerprint density at radius 3 is 2.34 bits per heavy atom. The van der Waals surface area contributed by atoms with E-state index in [9.17, 15) is 10.1 Å². The molecular weight excluding hydrogens is 474 g/mol. The number of rotatable bonds is 9. The van der Waals surface area contributed by atoms with E-state index in [1.807, 2.05) is 54.7 Å². The van der Waals surface area contributed by atoms with Crippen molar-refractivity contribution in [1.82, 2.24) is 20.1 Å². The second-order valence-electron chi connectivity index (χ2n) is 9.65. The number of carbonyl (C=O) groups excluding carboxylic acids is 1. The summed E-state index contributed by atoms with van der Waals surface area (Å²) in [5.74, 6) is 0.351. The molecule has 0 aliphatic carbocycles. The first-order chi connectivity index (χ1) is 18.3. The maximum atomic E-state index is 13.4. The van der Waals surface area contributed by atoms with Gasteiger partial charge in [0.2, 0.25) is 5.91 Å². The molecule has 2 N–H and O–H groups in total. The monoisotopic (exact) mass is 503 g/mol. The molecular formula is C30H29N7O. The highest BCUT2D eigenvalue weighted by Gasteiger charge is 2.23. The van der Waals surface area contributed by atoms with Crippen LogP contribution >= 0.6 is 0 Å². The van der Waals surface area contributed by atoms with Crippen molar-refractivity contribution in [2.45, 2.75) is 38.3 Å². The topological polar surface area (TPSA) is 119 Å². The molecule has 1 amide bonds. The molecule has 8 nitrogen and oxygen atoms in total. The third kappa shape index (κ3) is 6.12. The van der Waals surface area contributed by atoms with E-state index < -0.39 is 11.6 Å². The number of hydrogen-bond donors (Lipinski definition) is 2. The summed E-state index contributed by atoms with van der Waals surface area (Å²) >= 11 is 0. The van der Waals surface area contributed by atoms with Gasteiger partial charge < -0.3 is 10.6 Å². The molecule has 4 aromatic rings. The van der Waals surface area contributed by atoms with Crippen molar-refractivity contribution in [3.63, 3.8) is 0 Å². The van der Waals surface area contributed by atoms with Crippen molar-refractivity contribution in [2.24, 2.45) is 0 Å². The van der Waals surface area contributed by atoms with Gasteiger partial charge >= 0.3 is 0 Å². The molecule has 8 heteroatoms. The molecule has 2 atom stereocenters. The summed E-state index contributed by atoms with van der Waals surface area (Å²) < 4.78 is 1.62. The Morgan fingerprint density at radius 1 is 0.974 bits per heavy atom. The zero-order chi connectivity index (χ0) is 27.1. The third-order valence-electron chi connectivity index (χ3n) is 6.41. The fourth-order valence-electron chi connectivity index (χ4n) is 3.97. The molecule has 2 aromatic carbocycles. The number of pyridine rings is 1. The summed E-state index contributed by atoms with van der Waals surface area (Å²) in [7, 11) is 0. The van der Waals surface area contributed by atoms with Gasteiger partial charge in [0, 0.05) is 30.1 Å². The number of carbonyl (C=O) groups is 1. The van der Waals surface area contributed by atoms with Crippen molar-refractivity contribution >= 4 is 11.7 Å². The molecule has 0 radical (unpaired) electrons. The molecule has 190 valence electrons. The summed E-state index contributed by atoms with van der Waals surface area (Å²) in [4.78, 5) is 17.8. The van der Waals surface area contributed by atoms with E-state index in [0.717, 1.165) is 22.3 Å². The molecule has 4 rings (SSSR count). The highest BCUT2D eigenvalue weighted by atomic mass is 16.2. The summed E-state index contributed by atoms with van der Waals surface area (Å²) in [5.41, 5.74) is 3.46. The predicted octanol–water partition coefficient (Wildman–Crippen LogP) is 5.15. The van der Waals surface area contributed by atoms with Crippen LogP contribution in [0.4, 0.5) is 5.82 Å². The van der Waals surface area contributed by atoms with Gasteiger partial charge in [-0.3, -0.25) is 9.48 Å². The van der Waals surface area contributed by atoms with Crippen molar-refractivity contribution in [1.29, 1.82) is 10.5 Å². The molecule has 0 saturated carbocycles. The average molecular weight is 504 g/mol.